The summed E-state index contributed by atoms with van der Waals surface area (Å²) in [4.78, 5) is 20.1. The van der Waals surface area contributed by atoms with Crippen LogP contribution < -0.4 is 4.90 Å². The number of anilines is 1. The van der Waals surface area contributed by atoms with Gasteiger partial charge in [0.05, 0.1) is 12.1 Å². The van der Waals surface area contributed by atoms with E-state index in [1.807, 2.05) is 4.90 Å². The molecular formula is C16H20F3N3O. The number of likely N-dealkylation sites (tertiary alicyclic amines) is 1. The lowest BCUT2D eigenvalue weighted by Crippen LogP contribution is -2.49. The number of alkyl halides is 2. The molecule has 0 bridgehead atoms. The van der Waals surface area contributed by atoms with E-state index in [9.17, 15) is 18.0 Å². The number of rotatable bonds is 2. The zero-order valence-corrected chi connectivity index (χ0v) is 12.9. The molecule has 1 aromatic heterocycles. The lowest BCUT2D eigenvalue weighted by Gasteiger charge is -2.38. The average Bonchev–Trinajstić information content (AvgIpc) is 2.55. The molecule has 23 heavy (non-hydrogen) atoms. The largest absolute Gasteiger partial charge is 0.356 e. The van der Waals surface area contributed by atoms with Crippen LogP contribution in [0.4, 0.5) is 19.0 Å². The molecular weight excluding hydrogens is 307 g/mol. The summed E-state index contributed by atoms with van der Waals surface area (Å²) >= 11 is 0. The first-order chi connectivity index (χ1) is 10.9. The van der Waals surface area contributed by atoms with Crippen LogP contribution in [0.3, 0.4) is 0 Å². The SMILES string of the molecule is O=C(C1CCCN(c2ccc(F)cn2)C1)N1CCC(F)(F)CC1. The van der Waals surface area contributed by atoms with E-state index in [2.05, 4.69) is 4.98 Å². The summed E-state index contributed by atoms with van der Waals surface area (Å²) in [5.41, 5.74) is 0. The molecule has 0 aromatic carbocycles. The number of nitrogens with zero attached hydrogens (tertiary/aromatic N) is 3. The van der Waals surface area contributed by atoms with Crippen molar-refractivity contribution in [1.29, 1.82) is 0 Å². The van der Waals surface area contributed by atoms with Gasteiger partial charge in [0.1, 0.15) is 11.6 Å². The van der Waals surface area contributed by atoms with Crippen LogP contribution in [-0.4, -0.2) is 47.9 Å². The third-order valence-corrected chi connectivity index (χ3v) is 4.61. The van der Waals surface area contributed by atoms with Crippen molar-refractivity contribution in [3.05, 3.63) is 24.1 Å². The highest BCUT2D eigenvalue weighted by atomic mass is 19.3. The summed E-state index contributed by atoms with van der Waals surface area (Å²) in [6.45, 7) is 1.51. The molecule has 0 saturated carbocycles. The molecule has 1 aromatic rings. The zero-order chi connectivity index (χ0) is 16.4. The van der Waals surface area contributed by atoms with Crippen LogP contribution in [0.25, 0.3) is 0 Å². The van der Waals surface area contributed by atoms with Gasteiger partial charge < -0.3 is 9.80 Å². The number of carbonyl (C=O) groups is 1. The Hall–Kier alpha value is -1.79. The highest BCUT2D eigenvalue weighted by Crippen LogP contribution is 2.30. The van der Waals surface area contributed by atoms with Gasteiger partial charge in [-0.15, -0.1) is 0 Å². The van der Waals surface area contributed by atoms with E-state index in [-0.39, 0.29) is 37.8 Å². The number of carbonyl (C=O) groups excluding carboxylic acids is 1. The Morgan fingerprint density at radius 2 is 1.96 bits per heavy atom. The monoisotopic (exact) mass is 327 g/mol. The number of halogens is 3. The first-order valence-electron chi connectivity index (χ1n) is 7.98. The van der Waals surface area contributed by atoms with E-state index in [0.717, 1.165) is 25.6 Å². The molecule has 2 saturated heterocycles. The average molecular weight is 327 g/mol. The molecule has 1 unspecified atom stereocenters. The number of piperidine rings is 2. The minimum absolute atomic E-state index is 0.0488. The summed E-state index contributed by atoms with van der Waals surface area (Å²) in [6.07, 6.45) is 2.24. The fourth-order valence-electron chi connectivity index (χ4n) is 3.25. The number of hydrogen-bond acceptors (Lipinski definition) is 3. The molecule has 3 rings (SSSR count). The lowest BCUT2D eigenvalue weighted by molar-refractivity contribution is -0.141. The van der Waals surface area contributed by atoms with E-state index >= 15 is 0 Å². The lowest BCUT2D eigenvalue weighted by atomic mass is 9.95. The van der Waals surface area contributed by atoms with Crippen molar-refractivity contribution < 1.29 is 18.0 Å². The van der Waals surface area contributed by atoms with Gasteiger partial charge in [-0.1, -0.05) is 0 Å². The zero-order valence-electron chi connectivity index (χ0n) is 12.9. The maximum absolute atomic E-state index is 13.2. The molecule has 2 aliphatic rings. The minimum Gasteiger partial charge on any atom is -0.356 e. The summed E-state index contributed by atoms with van der Waals surface area (Å²) in [7, 11) is 0. The predicted molar refractivity (Wildman–Crippen MR) is 79.9 cm³/mol. The highest BCUT2D eigenvalue weighted by molar-refractivity contribution is 5.79. The Morgan fingerprint density at radius 3 is 2.61 bits per heavy atom. The van der Waals surface area contributed by atoms with Crippen molar-refractivity contribution in [2.75, 3.05) is 31.1 Å². The maximum atomic E-state index is 13.2. The van der Waals surface area contributed by atoms with Gasteiger partial charge in [-0.05, 0) is 25.0 Å². The molecule has 1 amide bonds. The minimum atomic E-state index is -2.65. The second kappa shape index (κ2) is 6.37. The normalized spacial score (nSPS) is 24.6. The van der Waals surface area contributed by atoms with Gasteiger partial charge in [0, 0.05) is 39.0 Å². The Morgan fingerprint density at radius 1 is 1.22 bits per heavy atom. The Labute approximate surface area is 133 Å². The third-order valence-electron chi connectivity index (χ3n) is 4.61. The fourth-order valence-corrected chi connectivity index (χ4v) is 3.25. The van der Waals surface area contributed by atoms with Crippen LogP contribution in [0.15, 0.2) is 18.3 Å². The van der Waals surface area contributed by atoms with Crippen LogP contribution >= 0.6 is 0 Å². The van der Waals surface area contributed by atoms with Gasteiger partial charge in [0.15, 0.2) is 0 Å². The third kappa shape index (κ3) is 3.76. The summed E-state index contributed by atoms with van der Waals surface area (Å²) in [6, 6.07) is 2.95. The quantitative estimate of drug-likeness (QED) is 0.838. The molecule has 3 heterocycles. The highest BCUT2D eigenvalue weighted by Gasteiger charge is 2.38. The van der Waals surface area contributed by atoms with Crippen molar-refractivity contribution >= 4 is 11.7 Å². The van der Waals surface area contributed by atoms with Crippen LogP contribution in [0.5, 0.6) is 0 Å². The number of pyridine rings is 1. The standard InChI is InChI=1S/C16H20F3N3O/c17-13-3-4-14(20-10-13)22-7-1-2-12(11-22)15(23)21-8-5-16(18,19)6-9-21/h3-4,10,12H,1-2,5-9,11H2. The van der Waals surface area contributed by atoms with Crippen molar-refractivity contribution in [1.82, 2.24) is 9.88 Å². The molecule has 1 atom stereocenters. The van der Waals surface area contributed by atoms with Crippen LogP contribution in [-0.2, 0) is 4.79 Å². The van der Waals surface area contributed by atoms with Gasteiger partial charge in [0.25, 0.3) is 5.92 Å². The van der Waals surface area contributed by atoms with Gasteiger partial charge in [0.2, 0.25) is 5.91 Å². The maximum Gasteiger partial charge on any atom is 0.251 e. The Bertz CT molecular complexity index is 554. The first kappa shape index (κ1) is 16.1. The second-order valence-electron chi connectivity index (χ2n) is 6.30. The first-order valence-corrected chi connectivity index (χ1v) is 7.98. The molecule has 126 valence electrons. The Kier molecular flexibility index (Phi) is 4.46. The molecule has 0 N–H and O–H groups in total. The number of hydrogen-bond donors (Lipinski definition) is 0. The van der Waals surface area contributed by atoms with E-state index in [1.165, 1.54) is 6.07 Å². The van der Waals surface area contributed by atoms with E-state index in [1.54, 1.807) is 11.0 Å². The number of amides is 1. The van der Waals surface area contributed by atoms with Crippen molar-refractivity contribution in [2.45, 2.75) is 31.6 Å². The van der Waals surface area contributed by atoms with Gasteiger partial charge >= 0.3 is 0 Å². The predicted octanol–water partition coefficient (Wildman–Crippen LogP) is 2.69. The van der Waals surface area contributed by atoms with Gasteiger partial charge in [-0.2, -0.15) is 0 Å². The molecule has 2 fully saturated rings. The summed E-state index contributed by atoms with van der Waals surface area (Å²) in [5, 5.41) is 0. The molecule has 7 heteroatoms. The smallest absolute Gasteiger partial charge is 0.251 e. The van der Waals surface area contributed by atoms with Crippen molar-refractivity contribution in [3.8, 4) is 0 Å². The topological polar surface area (TPSA) is 36.4 Å². The van der Waals surface area contributed by atoms with Gasteiger partial charge in [-0.25, -0.2) is 18.2 Å². The number of aromatic nitrogens is 1. The van der Waals surface area contributed by atoms with E-state index in [4.69, 9.17) is 0 Å². The second-order valence-corrected chi connectivity index (χ2v) is 6.30. The van der Waals surface area contributed by atoms with Crippen LogP contribution in [0.1, 0.15) is 25.7 Å². The summed E-state index contributed by atoms with van der Waals surface area (Å²) < 4.78 is 39.4. The molecule has 0 spiro atoms. The molecule has 0 radical (unpaired) electrons. The Balaban J connectivity index is 1.62. The van der Waals surface area contributed by atoms with Gasteiger partial charge in [-0.3, -0.25) is 4.79 Å². The van der Waals surface area contributed by atoms with Crippen molar-refractivity contribution in [3.63, 3.8) is 0 Å². The molecule has 2 aliphatic heterocycles. The van der Waals surface area contributed by atoms with Crippen LogP contribution in [0, 0.1) is 11.7 Å². The van der Waals surface area contributed by atoms with E-state index < -0.39 is 11.7 Å². The van der Waals surface area contributed by atoms with E-state index in [0.29, 0.717) is 12.4 Å². The van der Waals surface area contributed by atoms with Crippen LogP contribution in [0.2, 0.25) is 0 Å². The molecule has 0 aliphatic carbocycles. The molecule has 4 nitrogen and oxygen atoms in total. The summed E-state index contributed by atoms with van der Waals surface area (Å²) in [5.74, 6) is -2.65. The fraction of sp³-hybridized carbons (Fsp3) is 0.625. The van der Waals surface area contributed by atoms with Crippen molar-refractivity contribution in [2.24, 2.45) is 5.92 Å².